The SMILES string of the molecule is COc1ccc(Cl)cc1C(=O)NCCc1ccc(-c2ccc(F)cc2)c(S(=O)(=O)/N=C\N(C)C)c1. The van der Waals surface area contributed by atoms with E-state index in [1.807, 2.05) is 0 Å². The maximum absolute atomic E-state index is 13.4. The van der Waals surface area contributed by atoms with Gasteiger partial charge in [0.05, 0.1) is 17.6 Å². The predicted molar refractivity (Wildman–Crippen MR) is 135 cm³/mol. The molecule has 0 spiro atoms. The van der Waals surface area contributed by atoms with Crippen LogP contribution in [0.1, 0.15) is 15.9 Å². The molecule has 0 bridgehead atoms. The second-order valence-electron chi connectivity index (χ2n) is 7.85. The Labute approximate surface area is 209 Å². The van der Waals surface area contributed by atoms with Crippen LogP contribution in [-0.2, 0) is 16.4 Å². The van der Waals surface area contributed by atoms with Gasteiger partial charge >= 0.3 is 0 Å². The lowest BCUT2D eigenvalue weighted by Gasteiger charge is -2.13. The third kappa shape index (κ3) is 6.80. The van der Waals surface area contributed by atoms with Crippen molar-refractivity contribution < 1.29 is 22.3 Å². The van der Waals surface area contributed by atoms with Gasteiger partial charge in [-0.15, -0.1) is 4.40 Å². The van der Waals surface area contributed by atoms with E-state index < -0.39 is 15.8 Å². The first-order valence-electron chi connectivity index (χ1n) is 10.6. The number of nitrogens with zero attached hydrogens (tertiary/aromatic N) is 2. The second kappa shape index (κ2) is 11.3. The first-order valence-corrected chi connectivity index (χ1v) is 12.4. The number of carbonyl (C=O) groups is 1. The van der Waals surface area contributed by atoms with Crippen molar-refractivity contribution in [2.75, 3.05) is 27.7 Å². The number of sulfonamides is 1. The fourth-order valence-corrected chi connectivity index (χ4v) is 4.65. The molecule has 0 unspecified atom stereocenters. The number of hydrogen-bond donors (Lipinski definition) is 1. The van der Waals surface area contributed by atoms with Crippen LogP contribution in [-0.4, -0.2) is 53.3 Å². The Morgan fingerprint density at radius 1 is 1.11 bits per heavy atom. The van der Waals surface area contributed by atoms with Crippen LogP contribution < -0.4 is 10.1 Å². The van der Waals surface area contributed by atoms with Crippen molar-refractivity contribution in [3.05, 3.63) is 82.6 Å². The third-order valence-electron chi connectivity index (χ3n) is 5.00. The Hall–Kier alpha value is -3.43. The van der Waals surface area contributed by atoms with Gasteiger partial charge in [0.1, 0.15) is 17.9 Å². The first kappa shape index (κ1) is 26.2. The Bertz CT molecular complexity index is 1340. The maximum Gasteiger partial charge on any atom is 0.284 e. The summed E-state index contributed by atoms with van der Waals surface area (Å²) >= 11 is 6.00. The van der Waals surface area contributed by atoms with E-state index in [1.54, 1.807) is 38.4 Å². The summed E-state index contributed by atoms with van der Waals surface area (Å²) in [6.45, 7) is 0.241. The average molecular weight is 518 g/mol. The highest BCUT2D eigenvalue weighted by atomic mass is 35.5. The van der Waals surface area contributed by atoms with E-state index in [1.165, 1.54) is 54.7 Å². The van der Waals surface area contributed by atoms with Gasteiger partial charge in [-0.05, 0) is 53.9 Å². The van der Waals surface area contributed by atoms with Crippen LogP contribution in [0, 0.1) is 5.82 Å². The monoisotopic (exact) mass is 517 g/mol. The van der Waals surface area contributed by atoms with Crippen molar-refractivity contribution in [2.45, 2.75) is 11.3 Å². The number of hydrogen-bond acceptors (Lipinski definition) is 4. The van der Waals surface area contributed by atoms with E-state index in [9.17, 15) is 17.6 Å². The highest BCUT2D eigenvalue weighted by Gasteiger charge is 2.20. The lowest BCUT2D eigenvalue weighted by atomic mass is 10.0. The van der Waals surface area contributed by atoms with Gasteiger partial charge in [-0.1, -0.05) is 35.9 Å². The number of carbonyl (C=O) groups excluding carboxylic acids is 1. The molecule has 0 heterocycles. The van der Waals surface area contributed by atoms with Gasteiger partial charge in [0.15, 0.2) is 0 Å². The first-order chi connectivity index (χ1) is 16.6. The summed E-state index contributed by atoms with van der Waals surface area (Å²) in [5, 5.41) is 3.20. The van der Waals surface area contributed by atoms with E-state index in [4.69, 9.17) is 16.3 Å². The summed E-state index contributed by atoms with van der Waals surface area (Å²) in [6.07, 6.45) is 1.56. The molecule has 0 aliphatic heterocycles. The topological polar surface area (TPSA) is 88.1 Å². The molecular formula is C25H25ClFN3O4S. The summed E-state index contributed by atoms with van der Waals surface area (Å²) in [4.78, 5) is 14.1. The molecule has 0 radical (unpaired) electrons. The highest BCUT2D eigenvalue weighted by Crippen LogP contribution is 2.30. The van der Waals surface area contributed by atoms with Crippen LogP contribution in [0.5, 0.6) is 5.75 Å². The van der Waals surface area contributed by atoms with Crippen LogP contribution in [0.4, 0.5) is 4.39 Å². The molecule has 184 valence electrons. The van der Waals surface area contributed by atoms with Crippen LogP contribution in [0.3, 0.4) is 0 Å². The number of amides is 1. The van der Waals surface area contributed by atoms with Gasteiger partial charge < -0.3 is 15.0 Å². The van der Waals surface area contributed by atoms with Gasteiger partial charge in [0, 0.05) is 31.2 Å². The zero-order chi connectivity index (χ0) is 25.6. The number of methoxy groups -OCH3 is 1. The number of benzene rings is 3. The molecule has 0 atom stereocenters. The molecule has 35 heavy (non-hydrogen) atoms. The number of nitrogens with one attached hydrogen (secondary N) is 1. The van der Waals surface area contributed by atoms with Crippen molar-refractivity contribution >= 4 is 33.9 Å². The number of rotatable bonds is 9. The van der Waals surface area contributed by atoms with Crippen molar-refractivity contribution in [2.24, 2.45) is 4.40 Å². The molecule has 1 N–H and O–H groups in total. The Morgan fingerprint density at radius 2 is 1.83 bits per heavy atom. The molecule has 0 fully saturated rings. The third-order valence-corrected chi connectivity index (χ3v) is 6.50. The smallest absolute Gasteiger partial charge is 0.284 e. The minimum Gasteiger partial charge on any atom is -0.496 e. The summed E-state index contributed by atoms with van der Waals surface area (Å²) in [5.74, 6) is -0.397. The summed E-state index contributed by atoms with van der Waals surface area (Å²) in [7, 11) is 0.734. The number of halogens is 2. The molecule has 3 rings (SSSR count). The zero-order valence-electron chi connectivity index (χ0n) is 19.5. The maximum atomic E-state index is 13.4. The zero-order valence-corrected chi connectivity index (χ0v) is 21.0. The van der Waals surface area contributed by atoms with Crippen LogP contribution in [0.25, 0.3) is 11.1 Å². The van der Waals surface area contributed by atoms with Crippen molar-refractivity contribution in [1.29, 1.82) is 0 Å². The van der Waals surface area contributed by atoms with Gasteiger partial charge in [-0.3, -0.25) is 4.79 Å². The highest BCUT2D eigenvalue weighted by molar-refractivity contribution is 7.90. The second-order valence-corrected chi connectivity index (χ2v) is 9.88. The fourth-order valence-electron chi connectivity index (χ4n) is 3.29. The summed E-state index contributed by atoms with van der Waals surface area (Å²) < 4.78 is 48.4. The van der Waals surface area contributed by atoms with Crippen LogP contribution in [0.2, 0.25) is 5.02 Å². The molecule has 0 saturated heterocycles. The van der Waals surface area contributed by atoms with Gasteiger partial charge in [-0.2, -0.15) is 8.42 Å². The standard InChI is InChI=1S/C25H25ClFN3O4S/c1-30(2)16-29-35(32,33)24-14-17(4-10-21(24)18-5-8-20(27)9-6-18)12-13-28-25(31)22-15-19(26)7-11-23(22)34-3/h4-11,14-16H,12-13H2,1-3H3,(H,28,31)/b29-16-. The Morgan fingerprint density at radius 3 is 2.49 bits per heavy atom. The fraction of sp³-hybridized carbons (Fsp3) is 0.200. The minimum absolute atomic E-state index is 0.0115. The van der Waals surface area contributed by atoms with Crippen molar-refractivity contribution in [3.8, 4) is 16.9 Å². The lowest BCUT2D eigenvalue weighted by Crippen LogP contribution is -2.26. The molecule has 3 aromatic rings. The molecule has 3 aromatic carbocycles. The van der Waals surface area contributed by atoms with Crippen molar-refractivity contribution in [1.82, 2.24) is 10.2 Å². The van der Waals surface area contributed by atoms with Gasteiger partial charge in [0.25, 0.3) is 15.9 Å². The normalized spacial score (nSPS) is 11.5. The van der Waals surface area contributed by atoms with E-state index in [-0.39, 0.29) is 17.3 Å². The molecular weight excluding hydrogens is 493 g/mol. The molecule has 0 saturated carbocycles. The molecule has 10 heteroatoms. The lowest BCUT2D eigenvalue weighted by molar-refractivity contribution is 0.0951. The predicted octanol–water partition coefficient (Wildman–Crippen LogP) is 4.41. The van der Waals surface area contributed by atoms with E-state index >= 15 is 0 Å². The van der Waals surface area contributed by atoms with Gasteiger partial charge in [-0.25, -0.2) is 4.39 Å². The average Bonchev–Trinajstić information content (AvgIpc) is 2.83. The molecule has 0 aliphatic rings. The molecule has 0 aliphatic carbocycles. The minimum atomic E-state index is -4.05. The molecule has 7 nitrogen and oxygen atoms in total. The number of ether oxygens (including phenoxy) is 1. The Balaban J connectivity index is 1.86. The van der Waals surface area contributed by atoms with Gasteiger partial charge in [0.2, 0.25) is 0 Å². The van der Waals surface area contributed by atoms with E-state index in [0.29, 0.717) is 39.4 Å². The van der Waals surface area contributed by atoms with Crippen molar-refractivity contribution in [3.63, 3.8) is 0 Å². The quantitative estimate of drug-likeness (QED) is 0.335. The van der Waals surface area contributed by atoms with E-state index in [0.717, 1.165) is 0 Å². The van der Waals surface area contributed by atoms with Crippen LogP contribution >= 0.6 is 11.6 Å². The summed E-state index contributed by atoms with van der Waals surface area (Å²) in [6, 6.07) is 15.2. The molecule has 0 aromatic heterocycles. The molecule has 1 amide bonds. The van der Waals surface area contributed by atoms with Crippen LogP contribution in [0.15, 0.2) is 70.0 Å². The van der Waals surface area contributed by atoms with E-state index in [2.05, 4.69) is 9.71 Å². The summed E-state index contributed by atoms with van der Waals surface area (Å²) in [5.41, 5.74) is 1.91. The largest absolute Gasteiger partial charge is 0.496 e. The Kier molecular flexibility index (Phi) is 8.48.